The lowest BCUT2D eigenvalue weighted by Gasteiger charge is -2.06. The Bertz CT molecular complexity index is 975. The number of amides is 2. The minimum Gasteiger partial charge on any atom is -0.343 e. The number of halogens is 2. The summed E-state index contributed by atoms with van der Waals surface area (Å²) in [5.41, 5.74) is 1.32. The summed E-state index contributed by atoms with van der Waals surface area (Å²) in [5, 5.41) is 6.70. The third-order valence-electron chi connectivity index (χ3n) is 3.65. The van der Waals surface area contributed by atoms with Crippen LogP contribution >= 0.6 is 34.5 Å². The third kappa shape index (κ3) is 5.29. The van der Waals surface area contributed by atoms with Gasteiger partial charge in [0.15, 0.2) is 5.13 Å². The minimum atomic E-state index is -0.408. The average Bonchev–Trinajstić information content (AvgIpc) is 3.09. The van der Waals surface area contributed by atoms with Crippen molar-refractivity contribution in [3.8, 4) is 0 Å². The number of nitrogens with one attached hydrogen (secondary N) is 2. The first-order chi connectivity index (χ1) is 13.0. The van der Waals surface area contributed by atoms with Gasteiger partial charge in [0.1, 0.15) is 0 Å². The van der Waals surface area contributed by atoms with Crippen LogP contribution in [-0.4, -0.2) is 23.3 Å². The van der Waals surface area contributed by atoms with E-state index >= 15 is 0 Å². The second kappa shape index (κ2) is 8.99. The van der Waals surface area contributed by atoms with Crippen LogP contribution in [0.4, 0.5) is 5.13 Å². The molecule has 0 spiro atoms. The molecule has 0 saturated carbocycles. The van der Waals surface area contributed by atoms with Crippen LogP contribution in [0.2, 0.25) is 10.0 Å². The molecule has 0 aliphatic carbocycles. The zero-order valence-corrected chi connectivity index (χ0v) is 16.4. The highest BCUT2D eigenvalue weighted by atomic mass is 35.5. The number of rotatable bonds is 6. The molecule has 2 N–H and O–H groups in total. The first kappa shape index (κ1) is 19.4. The maximum Gasteiger partial charge on any atom is 0.253 e. The highest BCUT2D eigenvalue weighted by Crippen LogP contribution is 2.24. The smallest absolute Gasteiger partial charge is 0.253 e. The second-order valence-electron chi connectivity index (χ2n) is 5.61. The topological polar surface area (TPSA) is 71.1 Å². The number of hydrogen-bond donors (Lipinski definition) is 2. The van der Waals surface area contributed by atoms with Crippen LogP contribution in [-0.2, 0) is 11.2 Å². The maximum atomic E-state index is 12.1. The molecule has 27 heavy (non-hydrogen) atoms. The number of thiazole rings is 1. The van der Waals surface area contributed by atoms with Gasteiger partial charge in [0.05, 0.1) is 17.1 Å². The fraction of sp³-hybridized carbons (Fsp3) is 0.105. The van der Waals surface area contributed by atoms with Crippen molar-refractivity contribution in [1.82, 2.24) is 10.3 Å². The van der Waals surface area contributed by atoms with E-state index in [0.29, 0.717) is 27.2 Å². The molecular formula is C19H15Cl2N3O2S. The highest BCUT2D eigenvalue weighted by molar-refractivity contribution is 7.15. The first-order valence-electron chi connectivity index (χ1n) is 8.03. The second-order valence-corrected chi connectivity index (χ2v) is 7.54. The Kier molecular flexibility index (Phi) is 6.45. The average molecular weight is 420 g/mol. The number of aromatic nitrogens is 1. The molecule has 0 radical (unpaired) electrons. The number of nitrogens with zero attached hydrogens (tertiary/aromatic N) is 1. The van der Waals surface area contributed by atoms with E-state index < -0.39 is 5.91 Å². The van der Waals surface area contributed by atoms with Crippen molar-refractivity contribution in [1.29, 1.82) is 0 Å². The lowest BCUT2D eigenvalue weighted by Crippen LogP contribution is -2.32. The van der Waals surface area contributed by atoms with Gasteiger partial charge in [-0.3, -0.25) is 9.59 Å². The van der Waals surface area contributed by atoms with Crippen LogP contribution < -0.4 is 10.6 Å². The standard InChI is InChI=1S/C19H15Cl2N3O2S/c20-15-7-3-1-5-12(15)9-13-10-23-19(27-13)24-17(25)11-22-18(26)14-6-2-4-8-16(14)21/h1-8,10H,9,11H2,(H,22,26)(H,23,24,25). The highest BCUT2D eigenvalue weighted by Gasteiger charge is 2.12. The maximum absolute atomic E-state index is 12.1. The number of carbonyl (C=O) groups excluding carboxylic acids is 2. The molecule has 0 unspecified atom stereocenters. The van der Waals surface area contributed by atoms with Crippen molar-refractivity contribution in [2.45, 2.75) is 6.42 Å². The van der Waals surface area contributed by atoms with E-state index in [2.05, 4.69) is 15.6 Å². The number of carbonyl (C=O) groups is 2. The molecule has 138 valence electrons. The zero-order valence-electron chi connectivity index (χ0n) is 14.0. The molecule has 1 aromatic heterocycles. The molecule has 3 rings (SSSR count). The summed E-state index contributed by atoms with van der Waals surface area (Å²) in [6.45, 7) is -0.177. The predicted molar refractivity (Wildman–Crippen MR) is 109 cm³/mol. The van der Waals surface area contributed by atoms with E-state index in [0.717, 1.165) is 10.4 Å². The van der Waals surface area contributed by atoms with Gasteiger partial charge in [0.2, 0.25) is 5.91 Å². The Hall–Kier alpha value is -2.41. The van der Waals surface area contributed by atoms with E-state index in [1.54, 1.807) is 30.5 Å². The molecule has 3 aromatic rings. The molecule has 1 heterocycles. The number of hydrogen-bond acceptors (Lipinski definition) is 4. The largest absolute Gasteiger partial charge is 0.343 e. The summed E-state index contributed by atoms with van der Waals surface area (Å²) in [5.74, 6) is -0.775. The van der Waals surface area contributed by atoms with E-state index in [1.165, 1.54) is 11.3 Å². The van der Waals surface area contributed by atoms with Crippen LogP contribution in [0.15, 0.2) is 54.7 Å². The molecule has 0 fully saturated rings. The molecule has 8 heteroatoms. The number of benzene rings is 2. The third-order valence-corrected chi connectivity index (χ3v) is 5.26. The first-order valence-corrected chi connectivity index (χ1v) is 9.61. The Balaban J connectivity index is 1.53. The molecular weight excluding hydrogens is 405 g/mol. The molecule has 5 nitrogen and oxygen atoms in total. The van der Waals surface area contributed by atoms with Crippen molar-refractivity contribution < 1.29 is 9.59 Å². The monoisotopic (exact) mass is 419 g/mol. The van der Waals surface area contributed by atoms with Crippen LogP contribution in [0, 0.1) is 0 Å². The van der Waals surface area contributed by atoms with Gasteiger partial charge in [0.25, 0.3) is 5.91 Å². The molecule has 0 saturated heterocycles. The Labute approximate surface area is 170 Å². The fourth-order valence-corrected chi connectivity index (χ4v) is 3.62. The molecule has 0 aliphatic heterocycles. The summed E-state index contributed by atoms with van der Waals surface area (Å²) in [6, 6.07) is 14.2. The van der Waals surface area contributed by atoms with Crippen LogP contribution in [0.3, 0.4) is 0 Å². The van der Waals surface area contributed by atoms with Gasteiger partial charge in [-0.15, -0.1) is 11.3 Å². The molecule has 0 aliphatic rings. The Morgan fingerprint density at radius 1 is 1.00 bits per heavy atom. The molecule has 0 bridgehead atoms. The van der Waals surface area contributed by atoms with E-state index in [4.69, 9.17) is 23.2 Å². The van der Waals surface area contributed by atoms with Crippen molar-refractivity contribution in [2.75, 3.05) is 11.9 Å². The normalized spacial score (nSPS) is 10.4. The van der Waals surface area contributed by atoms with Gasteiger partial charge in [-0.2, -0.15) is 0 Å². The van der Waals surface area contributed by atoms with Gasteiger partial charge in [-0.1, -0.05) is 53.5 Å². The van der Waals surface area contributed by atoms with Crippen LogP contribution in [0.25, 0.3) is 0 Å². The van der Waals surface area contributed by atoms with Crippen LogP contribution in [0.1, 0.15) is 20.8 Å². The summed E-state index contributed by atoms with van der Waals surface area (Å²) >= 11 is 13.5. The molecule has 0 atom stereocenters. The fourth-order valence-electron chi connectivity index (χ4n) is 2.34. The van der Waals surface area contributed by atoms with Crippen molar-refractivity contribution in [3.05, 3.63) is 80.8 Å². The SMILES string of the molecule is O=C(CNC(=O)c1ccccc1Cl)Nc1ncc(Cc2ccccc2Cl)s1. The van der Waals surface area contributed by atoms with Gasteiger partial charge < -0.3 is 10.6 Å². The van der Waals surface area contributed by atoms with Crippen molar-refractivity contribution >= 4 is 51.5 Å². The van der Waals surface area contributed by atoms with E-state index in [9.17, 15) is 9.59 Å². The summed E-state index contributed by atoms with van der Waals surface area (Å²) in [4.78, 5) is 29.3. The summed E-state index contributed by atoms with van der Waals surface area (Å²) in [7, 11) is 0. The Morgan fingerprint density at radius 3 is 2.44 bits per heavy atom. The Morgan fingerprint density at radius 2 is 1.70 bits per heavy atom. The van der Waals surface area contributed by atoms with E-state index in [-0.39, 0.29) is 12.5 Å². The quantitative estimate of drug-likeness (QED) is 0.621. The van der Waals surface area contributed by atoms with Gasteiger partial charge in [0, 0.05) is 22.5 Å². The van der Waals surface area contributed by atoms with Crippen molar-refractivity contribution in [2.24, 2.45) is 0 Å². The molecule has 2 aromatic carbocycles. The van der Waals surface area contributed by atoms with Gasteiger partial charge in [-0.25, -0.2) is 4.98 Å². The van der Waals surface area contributed by atoms with E-state index in [1.807, 2.05) is 24.3 Å². The minimum absolute atomic E-state index is 0.177. The lowest BCUT2D eigenvalue weighted by atomic mass is 10.1. The van der Waals surface area contributed by atoms with Gasteiger partial charge in [-0.05, 0) is 23.8 Å². The summed E-state index contributed by atoms with van der Waals surface area (Å²) in [6.07, 6.45) is 2.34. The number of anilines is 1. The zero-order chi connectivity index (χ0) is 19.2. The van der Waals surface area contributed by atoms with Crippen molar-refractivity contribution in [3.63, 3.8) is 0 Å². The lowest BCUT2D eigenvalue weighted by molar-refractivity contribution is -0.115. The van der Waals surface area contributed by atoms with Gasteiger partial charge >= 0.3 is 0 Å². The predicted octanol–water partition coefficient (Wildman–Crippen LogP) is 4.41. The van der Waals surface area contributed by atoms with Crippen LogP contribution in [0.5, 0.6) is 0 Å². The summed E-state index contributed by atoms with van der Waals surface area (Å²) < 4.78 is 0. The molecule has 2 amide bonds.